The van der Waals surface area contributed by atoms with E-state index in [9.17, 15) is 13.2 Å². The van der Waals surface area contributed by atoms with Gasteiger partial charge in [0.2, 0.25) is 15.9 Å². The monoisotopic (exact) mass is 488 g/mol. The first-order valence-electron chi connectivity index (χ1n) is 8.05. The van der Waals surface area contributed by atoms with Crippen LogP contribution in [0, 0.1) is 10.5 Å². The van der Waals surface area contributed by atoms with Crippen LogP contribution in [-0.4, -0.2) is 27.0 Å². The minimum atomic E-state index is -3.83. The minimum Gasteiger partial charge on any atom is -0.494 e. The molecule has 2 N–H and O–H groups in total. The number of rotatable bonds is 7. The summed E-state index contributed by atoms with van der Waals surface area (Å²) in [6.45, 7) is 5.64. The summed E-state index contributed by atoms with van der Waals surface area (Å²) in [5, 5.41) is 2.69. The molecule has 140 valence electrons. The Labute approximate surface area is 167 Å². The van der Waals surface area contributed by atoms with Crippen molar-refractivity contribution in [3.8, 4) is 5.75 Å². The summed E-state index contributed by atoms with van der Waals surface area (Å²) in [5.74, 6) is 0.202. The molecule has 2 aromatic rings. The van der Waals surface area contributed by atoms with E-state index in [2.05, 4.69) is 32.6 Å². The third-order valence-corrected chi connectivity index (χ3v) is 5.85. The van der Waals surface area contributed by atoms with Crippen LogP contribution >= 0.6 is 22.6 Å². The molecule has 0 aliphatic rings. The number of sulfonamides is 1. The van der Waals surface area contributed by atoms with E-state index in [4.69, 9.17) is 4.74 Å². The number of hydrogen-bond acceptors (Lipinski definition) is 4. The van der Waals surface area contributed by atoms with Gasteiger partial charge in [0.25, 0.3) is 0 Å². The third kappa shape index (κ3) is 5.42. The van der Waals surface area contributed by atoms with Gasteiger partial charge in [-0.3, -0.25) is 4.79 Å². The molecule has 0 aliphatic carbocycles. The van der Waals surface area contributed by atoms with Crippen molar-refractivity contribution < 1.29 is 17.9 Å². The second-order valence-corrected chi connectivity index (χ2v) is 8.66. The van der Waals surface area contributed by atoms with Gasteiger partial charge >= 0.3 is 0 Å². The fourth-order valence-electron chi connectivity index (χ4n) is 2.24. The van der Waals surface area contributed by atoms with E-state index < -0.39 is 22.0 Å². The number of carbonyl (C=O) groups is 1. The highest BCUT2D eigenvalue weighted by atomic mass is 127. The first-order chi connectivity index (χ1) is 12.2. The Bertz CT molecular complexity index is 883. The Kier molecular flexibility index (Phi) is 7.01. The minimum absolute atomic E-state index is 0.0902. The molecular formula is C18H21IN2O4S. The van der Waals surface area contributed by atoms with Crippen LogP contribution in [0.5, 0.6) is 5.75 Å². The van der Waals surface area contributed by atoms with E-state index in [-0.39, 0.29) is 4.90 Å². The Balaban J connectivity index is 2.08. The molecule has 6 nitrogen and oxygen atoms in total. The van der Waals surface area contributed by atoms with Crippen LogP contribution < -0.4 is 14.8 Å². The molecule has 0 bridgehead atoms. The van der Waals surface area contributed by atoms with E-state index in [0.29, 0.717) is 23.6 Å². The zero-order valence-electron chi connectivity index (χ0n) is 14.7. The van der Waals surface area contributed by atoms with E-state index in [1.165, 1.54) is 19.1 Å². The topological polar surface area (TPSA) is 84.5 Å². The van der Waals surface area contributed by atoms with Crippen molar-refractivity contribution in [2.45, 2.75) is 31.7 Å². The lowest BCUT2D eigenvalue weighted by Gasteiger charge is -2.15. The summed E-state index contributed by atoms with van der Waals surface area (Å²) in [6, 6.07) is 10.9. The molecule has 0 unspecified atom stereocenters. The molecule has 8 heteroatoms. The fraction of sp³-hybridized carbons (Fsp3) is 0.278. The van der Waals surface area contributed by atoms with Gasteiger partial charge in [0.05, 0.1) is 17.5 Å². The molecule has 26 heavy (non-hydrogen) atoms. The van der Waals surface area contributed by atoms with Gasteiger partial charge in [-0.1, -0.05) is 0 Å². The van der Waals surface area contributed by atoms with Crippen LogP contribution in [0.25, 0.3) is 0 Å². The van der Waals surface area contributed by atoms with E-state index in [1.807, 2.05) is 19.1 Å². The van der Waals surface area contributed by atoms with Crippen LogP contribution in [0.4, 0.5) is 5.69 Å². The summed E-state index contributed by atoms with van der Waals surface area (Å²) in [7, 11) is -3.83. The number of anilines is 1. The van der Waals surface area contributed by atoms with Crippen molar-refractivity contribution in [2.75, 3.05) is 11.9 Å². The van der Waals surface area contributed by atoms with Crippen molar-refractivity contribution >= 4 is 44.2 Å². The fourth-order valence-corrected chi connectivity index (χ4v) is 3.89. The van der Waals surface area contributed by atoms with Gasteiger partial charge < -0.3 is 10.1 Å². The molecule has 2 aromatic carbocycles. The molecule has 0 aromatic heterocycles. The van der Waals surface area contributed by atoms with Gasteiger partial charge in [-0.25, -0.2) is 8.42 Å². The molecule has 0 fully saturated rings. The van der Waals surface area contributed by atoms with Crippen molar-refractivity contribution in [1.82, 2.24) is 4.72 Å². The SMILES string of the molecule is CCOc1ccc(S(=O)(=O)N[C@@H](C)C(=O)Nc2ccc(I)cc2)cc1C. The number of halogens is 1. The standard InChI is InChI=1S/C18H21IN2O4S/c1-4-25-17-10-9-16(11-12(17)2)26(23,24)21-13(3)18(22)20-15-7-5-14(19)6-8-15/h5-11,13,21H,4H2,1-3H3,(H,20,22)/t13-/m0/s1. The molecule has 0 radical (unpaired) electrons. The van der Waals surface area contributed by atoms with E-state index >= 15 is 0 Å². The van der Waals surface area contributed by atoms with Gasteiger partial charge in [-0.2, -0.15) is 4.72 Å². The first kappa shape index (κ1) is 20.7. The molecule has 0 saturated carbocycles. The molecule has 0 saturated heterocycles. The maximum absolute atomic E-state index is 12.5. The number of amides is 1. The summed E-state index contributed by atoms with van der Waals surface area (Å²) in [4.78, 5) is 12.3. The summed E-state index contributed by atoms with van der Waals surface area (Å²) < 4.78 is 33.9. The van der Waals surface area contributed by atoms with Crippen LogP contribution in [0.3, 0.4) is 0 Å². The predicted molar refractivity (Wildman–Crippen MR) is 110 cm³/mol. The van der Waals surface area contributed by atoms with Crippen molar-refractivity contribution in [3.63, 3.8) is 0 Å². The Morgan fingerprint density at radius 3 is 2.42 bits per heavy atom. The van der Waals surface area contributed by atoms with Gasteiger partial charge in [-0.05, 0) is 91.4 Å². The molecule has 0 aliphatic heterocycles. The zero-order valence-corrected chi connectivity index (χ0v) is 17.7. The highest BCUT2D eigenvalue weighted by Crippen LogP contribution is 2.22. The molecule has 1 amide bonds. The number of nitrogens with one attached hydrogen (secondary N) is 2. The zero-order chi connectivity index (χ0) is 19.3. The molecular weight excluding hydrogens is 467 g/mol. The number of aryl methyl sites for hydroxylation is 1. The van der Waals surface area contributed by atoms with Gasteiger partial charge in [0.1, 0.15) is 5.75 Å². The lowest BCUT2D eigenvalue weighted by Crippen LogP contribution is -2.41. The molecule has 1 atom stereocenters. The maximum atomic E-state index is 12.5. The quantitative estimate of drug-likeness (QED) is 0.586. The van der Waals surface area contributed by atoms with Gasteiger partial charge in [0, 0.05) is 9.26 Å². The average Bonchev–Trinajstić information content (AvgIpc) is 2.58. The largest absolute Gasteiger partial charge is 0.494 e. The lowest BCUT2D eigenvalue weighted by atomic mass is 10.2. The number of hydrogen-bond donors (Lipinski definition) is 2. The second-order valence-electron chi connectivity index (χ2n) is 5.70. The maximum Gasteiger partial charge on any atom is 0.242 e. The summed E-state index contributed by atoms with van der Waals surface area (Å²) in [6.07, 6.45) is 0. The van der Waals surface area contributed by atoms with Crippen molar-refractivity contribution in [1.29, 1.82) is 0 Å². The van der Waals surface area contributed by atoms with Crippen molar-refractivity contribution in [2.24, 2.45) is 0 Å². The predicted octanol–water partition coefficient (Wildman–Crippen LogP) is 3.30. The van der Waals surface area contributed by atoms with Crippen LogP contribution in [0.1, 0.15) is 19.4 Å². The van der Waals surface area contributed by atoms with Gasteiger partial charge in [-0.15, -0.1) is 0 Å². The number of ether oxygens (including phenoxy) is 1. The van der Waals surface area contributed by atoms with E-state index in [1.54, 1.807) is 25.1 Å². The highest BCUT2D eigenvalue weighted by Gasteiger charge is 2.22. The van der Waals surface area contributed by atoms with Gasteiger partial charge in [0.15, 0.2) is 0 Å². The normalized spacial score (nSPS) is 12.5. The Morgan fingerprint density at radius 1 is 1.19 bits per heavy atom. The van der Waals surface area contributed by atoms with Crippen molar-refractivity contribution in [3.05, 3.63) is 51.6 Å². The number of carbonyl (C=O) groups excluding carboxylic acids is 1. The highest BCUT2D eigenvalue weighted by molar-refractivity contribution is 14.1. The Hall–Kier alpha value is -1.65. The summed E-state index contributed by atoms with van der Waals surface area (Å²) in [5.41, 5.74) is 1.32. The van der Waals surface area contributed by atoms with Crippen LogP contribution in [0.15, 0.2) is 47.4 Å². The Morgan fingerprint density at radius 2 is 1.85 bits per heavy atom. The van der Waals surface area contributed by atoms with Crippen LogP contribution in [-0.2, 0) is 14.8 Å². The van der Waals surface area contributed by atoms with Crippen LogP contribution in [0.2, 0.25) is 0 Å². The molecule has 0 spiro atoms. The molecule has 0 heterocycles. The number of benzene rings is 2. The third-order valence-electron chi connectivity index (χ3n) is 3.59. The second kappa shape index (κ2) is 8.83. The van der Waals surface area contributed by atoms with E-state index in [0.717, 1.165) is 3.57 Å². The lowest BCUT2D eigenvalue weighted by molar-refractivity contribution is -0.117. The first-order valence-corrected chi connectivity index (χ1v) is 10.6. The summed E-state index contributed by atoms with van der Waals surface area (Å²) >= 11 is 2.16. The molecule has 2 rings (SSSR count). The smallest absolute Gasteiger partial charge is 0.242 e. The average molecular weight is 488 g/mol.